The molecule has 1 aliphatic rings. The van der Waals surface area contributed by atoms with Gasteiger partial charge in [-0.2, -0.15) is 0 Å². The standard InChI is InChI=1S/C13H17N3O3/c1-2-3-9(14)13(18)15-8-4-5-11-10(6-8)16-12(17)7-19-11/h4-6,9H,2-3,7,14H2,1H3,(H,15,18)(H,16,17)/t9-/m0/s1. The van der Waals surface area contributed by atoms with Crippen molar-refractivity contribution in [2.75, 3.05) is 17.2 Å². The second-order valence-corrected chi connectivity index (χ2v) is 4.43. The molecule has 0 unspecified atom stereocenters. The molecule has 0 saturated carbocycles. The van der Waals surface area contributed by atoms with Crippen LogP contribution in [0.4, 0.5) is 11.4 Å². The van der Waals surface area contributed by atoms with Crippen molar-refractivity contribution < 1.29 is 14.3 Å². The van der Waals surface area contributed by atoms with Crippen LogP contribution in [0, 0.1) is 0 Å². The number of nitrogens with two attached hydrogens (primary N) is 1. The van der Waals surface area contributed by atoms with Crippen molar-refractivity contribution in [1.29, 1.82) is 0 Å². The Morgan fingerprint density at radius 3 is 3.11 bits per heavy atom. The Bertz CT molecular complexity index is 502. The quantitative estimate of drug-likeness (QED) is 0.757. The van der Waals surface area contributed by atoms with Crippen LogP contribution in [0.2, 0.25) is 0 Å². The molecule has 6 heteroatoms. The second kappa shape index (κ2) is 5.71. The van der Waals surface area contributed by atoms with Gasteiger partial charge in [-0.1, -0.05) is 13.3 Å². The number of carbonyl (C=O) groups excluding carboxylic acids is 2. The molecule has 19 heavy (non-hydrogen) atoms. The molecule has 0 aromatic heterocycles. The third-order valence-electron chi connectivity index (χ3n) is 2.82. The van der Waals surface area contributed by atoms with Gasteiger partial charge in [-0.15, -0.1) is 0 Å². The number of benzene rings is 1. The maximum absolute atomic E-state index is 11.8. The van der Waals surface area contributed by atoms with E-state index in [0.29, 0.717) is 23.5 Å². The molecule has 1 heterocycles. The van der Waals surface area contributed by atoms with E-state index in [4.69, 9.17) is 10.5 Å². The van der Waals surface area contributed by atoms with Crippen LogP contribution in [0.25, 0.3) is 0 Å². The van der Waals surface area contributed by atoms with Crippen molar-refractivity contribution in [3.05, 3.63) is 18.2 Å². The van der Waals surface area contributed by atoms with Crippen LogP contribution < -0.4 is 21.1 Å². The van der Waals surface area contributed by atoms with Crippen molar-refractivity contribution in [2.24, 2.45) is 5.73 Å². The van der Waals surface area contributed by atoms with Gasteiger partial charge in [-0.25, -0.2) is 0 Å². The van der Waals surface area contributed by atoms with E-state index in [9.17, 15) is 9.59 Å². The molecule has 0 radical (unpaired) electrons. The minimum Gasteiger partial charge on any atom is -0.482 e. The molecular weight excluding hydrogens is 246 g/mol. The van der Waals surface area contributed by atoms with E-state index in [1.54, 1.807) is 18.2 Å². The first-order valence-corrected chi connectivity index (χ1v) is 6.23. The SMILES string of the molecule is CCC[C@H](N)C(=O)Nc1ccc2c(c1)NC(=O)CO2. The number of hydrogen-bond donors (Lipinski definition) is 3. The average molecular weight is 263 g/mol. The van der Waals surface area contributed by atoms with Crippen molar-refractivity contribution in [3.63, 3.8) is 0 Å². The number of rotatable bonds is 4. The molecule has 0 spiro atoms. The highest BCUT2D eigenvalue weighted by atomic mass is 16.5. The summed E-state index contributed by atoms with van der Waals surface area (Å²) in [7, 11) is 0. The zero-order valence-electron chi connectivity index (χ0n) is 10.7. The van der Waals surface area contributed by atoms with Gasteiger partial charge in [0, 0.05) is 5.69 Å². The molecular formula is C13H17N3O3. The van der Waals surface area contributed by atoms with Crippen LogP contribution in [0.3, 0.4) is 0 Å². The smallest absolute Gasteiger partial charge is 0.262 e. The fourth-order valence-electron chi connectivity index (χ4n) is 1.84. The number of amides is 2. The predicted molar refractivity (Wildman–Crippen MR) is 72.1 cm³/mol. The highest BCUT2D eigenvalue weighted by Gasteiger charge is 2.17. The van der Waals surface area contributed by atoms with E-state index >= 15 is 0 Å². The highest BCUT2D eigenvalue weighted by molar-refractivity contribution is 5.98. The summed E-state index contributed by atoms with van der Waals surface area (Å²) in [6, 6.07) is 4.55. The molecule has 1 aromatic carbocycles. The molecule has 102 valence electrons. The van der Waals surface area contributed by atoms with Gasteiger partial charge in [0.2, 0.25) is 5.91 Å². The predicted octanol–water partition coefficient (Wildman–Crippen LogP) is 1.08. The summed E-state index contributed by atoms with van der Waals surface area (Å²) < 4.78 is 5.23. The van der Waals surface area contributed by atoms with Gasteiger partial charge in [0.15, 0.2) is 6.61 Å². The minimum atomic E-state index is -0.521. The zero-order valence-corrected chi connectivity index (χ0v) is 10.7. The van der Waals surface area contributed by atoms with E-state index in [1.165, 1.54) is 0 Å². The summed E-state index contributed by atoms with van der Waals surface area (Å²) in [5.74, 6) is 0.152. The van der Waals surface area contributed by atoms with Crippen LogP contribution in [0.1, 0.15) is 19.8 Å². The fraction of sp³-hybridized carbons (Fsp3) is 0.385. The Labute approximate surface area is 111 Å². The summed E-state index contributed by atoms with van der Waals surface area (Å²) in [4.78, 5) is 23.0. The lowest BCUT2D eigenvalue weighted by Crippen LogP contribution is -2.35. The number of nitrogens with one attached hydrogen (secondary N) is 2. The lowest BCUT2D eigenvalue weighted by atomic mass is 10.1. The number of ether oxygens (including phenoxy) is 1. The van der Waals surface area contributed by atoms with Crippen molar-refractivity contribution >= 4 is 23.2 Å². The Morgan fingerprint density at radius 1 is 1.58 bits per heavy atom. The summed E-state index contributed by atoms with van der Waals surface area (Å²) in [6.45, 7) is 1.99. The zero-order chi connectivity index (χ0) is 13.8. The van der Waals surface area contributed by atoms with E-state index < -0.39 is 6.04 Å². The molecule has 4 N–H and O–H groups in total. The van der Waals surface area contributed by atoms with Crippen LogP contribution >= 0.6 is 0 Å². The first kappa shape index (κ1) is 13.4. The number of fused-ring (bicyclic) bond motifs is 1. The molecule has 0 bridgehead atoms. The maximum atomic E-state index is 11.8. The first-order valence-electron chi connectivity index (χ1n) is 6.23. The third-order valence-corrected chi connectivity index (χ3v) is 2.82. The molecule has 1 aromatic rings. The van der Waals surface area contributed by atoms with Gasteiger partial charge in [0.1, 0.15) is 5.75 Å². The molecule has 0 aliphatic carbocycles. The van der Waals surface area contributed by atoms with Crippen LogP contribution in [-0.2, 0) is 9.59 Å². The van der Waals surface area contributed by atoms with Gasteiger partial charge >= 0.3 is 0 Å². The molecule has 6 nitrogen and oxygen atoms in total. The normalized spacial score (nSPS) is 14.9. The Hall–Kier alpha value is -2.08. The van der Waals surface area contributed by atoms with Crippen LogP contribution in [0.5, 0.6) is 5.75 Å². The second-order valence-electron chi connectivity index (χ2n) is 4.43. The summed E-state index contributed by atoms with van der Waals surface area (Å²) in [5, 5.41) is 5.40. The summed E-state index contributed by atoms with van der Waals surface area (Å²) in [5.41, 5.74) is 6.87. The molecule has 0 fully saturated rings. The molecule has 1 atom stereocenters. The summed E-state index contributed by atoms with van der Waals surface area (Å²) in [6.07, 6.45) is 1.49. The van der Waals surface area contributed by atoms with Crippen molar-refractivity contribution in [3.8, 4) is 5.75 Å². The molecule has 0 saturated heterocycles. The maximum Gasteiger partial charge on any atom is 0.262 e. The summed E-state index contributed by atoms with van der Waals surface area (Å²) >= 11 is 0. The Balaban J connectivity index is 2.08. The van der Waals surface area contributed by atoms with E-state index in [1.807, 2.05) is 6.92 Å². The van der Waals surface area contributed by atoms with Gasteiger partial charge in [0.05, 0.1) is 11.7 Å². The molecule has 2 rings (SSSR count). The van der Waals surface area contributed by atoms with Gasteiger partial charge in [0.25, 0.3) is 5.91 Å². The highest BCUT2D eigenvalue weighted by Crippen LogP contribution is 2.30. The number of hydrogen-bond acceptors (Lipinski definition) is 4. The van der Waals surface area contributed by atoms with E-state index in [0.717, 1.165) is 6.42 Å². The fourth-order valence-corrected chi connectivity index (χ4v) is 1.84. The largest absolute Gasteiger partial charge is 0.482 e. The molecule has 2 amide bonds. The van der Waals surface area contributed by atoms with Crippen LogP contribution in [-0.4, -0.2) is 24.5 Å². The van der Waals surface area contributed by atoms with Gasteiger partial charge in [-0.3, -0.25) is 9.59 Å². The topological polar surface area (TPSA) is 93.5 Å². The number of anilines is 2. The number of carbonyl (C=O) groups is 2. The first-order chi connectivity index (χ1) is 9.10. The lowest BCUT2D eigenvalue weighted by molar-refractivity contribution is -0.119. The van der Waals surface area contributed by atoms with Crippen LogP contribution in [0.15, 0.2) is 18.2 Å². The lowest BCUT2D eigenvalue weighted by Gasteiger charge is -2.19. The van der Waals surface area contributed by atoms with E-state index in [-0.39, 0.29) is 18.4 Å². The van der Waals surface area contributed by atoms with Gasteiger partial charge < -0.3 is 21.1 Å². The minimum absolute atomic E-state index is 0.0140. The Morgan fingerprint density at radius 2 is 2.37 bits per heavy atom. The van der Waals surface area contributed by atoms with Crippen molar-refractivity contribution in [2.45, 2.75) is 25.8 Å². The van der Waals surface area contributed by atoms with Crippen molar-refractivity contribution in [1.82, 2.24) is 0 Å². The van der Waals surface area contributed by atoms with E-state index in [2.05, 4.69) is 10.6 Å². The monoisotopic (exact) mass is 263 g/mol. The average Bonchev–Trinajstić information content (AvgIpc) is 2.38. The third kappa shape index (κ3) is 3.23. The van der Waals surface area contributed by atoms with Gasteiger partial charge in [-0.05, 0) is 24.6 Å². The molecule has 1 aliphatic heterocycles. The Kier molecular flexibility index (Phi) is 4.01.